The molecule has 0 spiro atoms. The van der Waals surface area contributed by atoms with E-state index in [4.69, 9.17) is 0 Å². The minimum Gasteiger partial charge on any atom is -0.309 e. The van der Waals surface area contributed by atoms with Gasteiger partial charge in [0.1, 0.15) is 0 Å². The minimum absolute atomic E-state index is 0.613. The first-order chi connectivity index (χ1) is 24.2. The van der Waals surface area contributed by atoms with Gasteiger partial charge < -0.3 is 4.57 Å². The number of rotatable bonds is 4. The summed E-state index contributed by atoms with van der Waals surface area (Å²) in [5.74, 6) is 0. The Labute approximate surface area is 283 Å². The Morgan fingerprint density at radius 2 is 0.959 bits per heavy atom. The molecule has 1 heterocycles. The summed E-state index contributed by atoms with van der Waals surface area (Å²) in [4.78, 5) is 0. The van der Waals surface area contributed by atoms with E-state index < -0.39 is 0 Å². The van der Waals surface area contributed by atoms with E-state index in [0.29, 0.717) is 11.1 Å². The van der Waals surface area contributed by atoms with Crippen molar-refractivity contribution >= 4 is 43.4 Å². The zero-order valence-electron chi connectivity index (χ0n) is 26.4. The highest BCUT2D eigenvalue weighted by Crippen LogP contribution is 2.44. The molecule has 0 aliphatic carbocycles. The second-order valence-electron chi connectivity index (χ2n) is 12.3. The maximum absolute atomic E-state index is 10.3. The summed E-state index contributed by atoms with van der Waals surface area (Å²) in [5, 5.41) is 26.8. The molecule has 3 heteroatoms. The highest BCUT2D eigenvalue weighted by Gasteiger charge is 2.18. The van der Waals surface area contributed by atoms with Crippen molar-refractivity contribution in [2.24, 2.45) is 0 Å². The molecule has 1 aromatic heterocycles. The molecule has 0 aliphatic rings. The van der Waals surface area contributed by atoms with Crippen LogP contribution in [-0.4, -0.2) is 4.57 Å². The number of hydrogen-bond acceptors (Lipinski definition) is 2. The Balaban J connectivity index is 1.27. The normalized spacial score (nSPS) is 11.2. The first-order valence-electron chi connectivity index (χ1n) is 16.3. The van der Waals surface area contributed by atoms with Crippen molar-refractivity contribution in [3.63, 3.8) is 0 Å². The van der Waals surface area contributed by atoms with E-state index in [2.05, 4.69) is 138 Å². The summed E-state index contributed by atoms with van der Waals surface area (Å²) in [6.07, 6.45) is 0. The first-order valence-corrected chi connectivity index (χ1v) is 16.3. The molecule has 0 N–H and O–H groups in total. The van der Waals surface area contributed by atoms with Gasteiger partial charge in [0, 0.05) is 22.0 Å². The average Bonchev–Trinajstić information content (AvgIpc) is 3.50. The van der Waals surface area contributed by atoms with Gasteiger partial charge in [-0.3, -0.25) is 0 Å². The topological polar surface area (TPSA) is 52.5 Å². The molecule has 3 nitrogen and oxygen atoms in total. The lowest BCUT2D eigenvalue weighted by molar-refractivity contribution is 1.18. The molecule has 226 valence electrons. The number of para-hydroxylation sites is 1. The van der Waals surface area contributed by atoms with Crippen LogP contribution in [-0.2, 0) is 0 Å². The van der Waals surface area contributed by atoms with E-state index in [9.17, 15) is 10.5 Å². The maximum Gasteiger partial charge on any atom is 0.0998 e. The Bertz CT molecular complexity index is 2790. The van der Waals surface area contributed by atoms with E-state index in [1.54, 1.807) is 0 Å². The summed E-state index contributed by atoms with van der Waals surface area (Å²) >= 11 is 0. The van der Waals surface area contributed by atoms with Crippen LogP contribution in [0.3, 0.4) is 0 Å². The zero-order valence-corrected chi connectivity index (χ0v) is 26.4. The lowest BCUT2D eigenvalue weighted by atomic mass is 9.85. The van der Waals surface area contributed by atoms with Crippen molar-refractivity contribution in [1.29, 1.82) is 10.5 Å². The number of benzene rings is 8. The molecule has 49 heavy (non-hydrogen) atoms. The molecule has 9 rings (SSSR count). The van der Waals surface area contributed by atoms with Gasteiger partial charge in [0.05, 0.1) is 34.3 Å². The Morgan fingerprint density at radius 3 is 1.63 bits per heavy atom. The smallest absolute Gasteiger partial charge is 0.0998 e. The van der Waals surface area contributed by atoms with E-state index >= 15 is 0 Å². The highest BCUT2D eigenvalue weighted by molar-refractivity contribution is 6.21. The first kappa shape index (κ1) is 28.3. The fourth-order valence-corrected chi connectivity index (χ4v) is 7.53. The molecule has 0 fully saturated rings. The highest BCUT2D eigenvalue weighted by atomic mass is 15.0. The molecule has 0 unspecified atom stereocenters. The van der Waals surface area contributed by atoms with E-state index in [-0.39, 0.29) is 0 Å². The van der Waals surface area contributed by atoms with Crippen LogP contribution >= 0.6 is 0 Å². The number of aromatic nitrogens is 1. The molecule has 9 aromatic rings. The lowest BCUT2D eigenvalue weighted by Crippen LogP contribution is -1.96. The predicted octanol–water partition coefficient (Wildman–Crippen LogP) is 11.8. The molecular formula is C46H27N3. The molecular weight excluding hydrogens is 595 g/mol. The van der Waals surface area contributed by atoms with Crippen LogP contribution in [0.4, 0.5) is 0 Å². The van der Waals surface area contributed by atoms with E-state index in [0.717, 1.165) is 44.2 Å². The van der Waals surface area contributed by atoms with Crippen LogP contribution in [0.15, 0.2) is 164 Å². The summed E-state index contributed by atoms with van der Waals surface area (Å²) in [7, 11) is 0. The standard InChI is InChI=1S/C46H27N3/c47-28-30-21-24-44-42(25-30)36-15-8-9-20-43(36)49(44)35-23-22-34(29-48)41(27-35)32-13-10-14-33(26-32)46-39-18-6-4-16-37(39)45(31-11-2-1-3-12-31)38-17-5-7-19-40(38)46/h1-27H. The van der Waals surface area contributed by atoms with E-state index in [1.807, 2.05) is 42.5 Å². The third kappa shape index (κ3) is 4.49. The van der Waals surface area contributed by atoms with Crippen molar-refractivity contribution in [2.75, 3.05) is 0 Å². The maximum atomic E-state index is 10.3. The zero-order chi connectivity index (χ0) is 32.9. The van der Waals surface area contributed by atoms with Crippen molar-refractivity contribution in [3.8, 4) is 51.2 Å². The van der Waals surface area contributed by atoms with Crippen LogP contribution in [0.5, 0.6) is 0 Å². The molecule has 0 saturated heterocycles. The van der Waals surface area contributed by atoms with Gasteiger partial charge in [0.25, 0.3) is 0 Å². The van der Waals surface area contributed by atoms with Gasteiger partial charge >= 0.3 is 0 Å². The summed E-state index contributed by atoms with van der Waals surface area (Å²) in [5.41, 5.74) is 10.8. The van der Waals surface area contributed by atoms with Gasteiger partial charge in [-0.2, -0.15) is 10.5 Å². The Hall–Kier alpha value is -6.94. The Morgan fingerprint density at radius 1 is 0.388 bits per heavy atom. The number of nitriles is 2. The fourth-order valence-electron chi connectivity index (χ4n) is 7.53. The van der Waals surface area contributed by atoms with Crippen LogP contribution in [0.25, 0.3) is 82.4 Å². The SMILES string of the molecule is N#Cc1ccc2c(c1)c1ccccc1n2-c1ccc(C#N)c(-c2cccc(-c3c4ccccc4c(-c4ccccc4)c4ccccc34)c2)c1. The largest absolute Gasteiger partial charge is 0.309 e. The summed E-state index contributed by atoms with van der Waals surface area (Å²) in [6.45, 7) is 0. The third-order valence-corrected chi connectivity index (χ3v) is 9.64. The second-order valence-corrected chi connectivity index (χ2v) is 12.3. The Kier molecular flexibility index (Phi) is 6.58. The van der Waals surface area contributed by atoms with E-state index in [1.165, 1.54) is 38.2 Å². The van der Waals surface area contributed by atoms with Gasteiger partial charge in [0.2, 0.25) is 0 Å². The molecule has 0 saturated carbocycles. The van der Waals surface area contributed by atoms with Crippen LogP contribution in [0, 0.1) is 22.7 Å². The van der Waals surface area contributed by atoms with Gasteiger partial charge in [-0.25, -0.2) is 0 Å². The molecule has 0 atom stereocenters. The predicted molar refractivity (Wildman–Crippen MR) is 202 cm³/mol. The summed E-state index contributed by atoms with van der Waals surface area (Å²) < 4.78 is 2.23. The van der Waals surface area contributed by atoms with Crippen molar-refractivity contribution in [1.82, 2.24) is 4.57 Å². The average molecular weight is 622 g/mol. The lowest BCUT2D eigenvalue weighted by Gasteiger charge is -2.18. The van der Waals surface area contributed by atoms with Crippen LogP contribution in [0.2, 0.25) is 0 Å². The second kappa shape index (κ2) is 11.4. The van der Waals surface area contributed by atoms with Crippen molar-refractivity contribution in [2.45, 2.75) is 0 Å². The number of hydrogen-bond donors (Lipinski definition) is 0. The molecule has 0 radical (unpaired) electrons. The molecule has 0 bridgehead atoms. The summed E-state index contributed by atoms with van der Waals surface area (Å²) in [6, 6.07) is 61.5. The number of fused-ring (bicyclic) bond motifs is 5. The molecule has 8 aromatic carbocycles. The molecule has 0 amide bonds. The van der Waals surface area contributed by atoms with Crippen molar-refractivity contribution in [3.05, 3.63) is 175 Å². The number of nitrogens with zero attached hydrogens (tertiary/aromatic N) is 3. The monoisotopic (exact) mass is 621 g/mol. The van der Waals surface area contributed by atoms with Gasteiger partial charge in [-0.1, -0.05) is 115 Å². The van der Waals surface area contributed by atoms with Crippen LogP contribution < -0.4 is 0 Å². The third-order valence-electron chi connectivity index (χ3n) is 9.64. The van der Waals surface area contributed by atoms with Gasteiger partial charge in [0.15, 0.2) is 0 Å². The van der Waals surface area contributed by atoms with Crippen LogP contribution in [0.1, 0.15) is 11.1 Å². The van der Waals surface area contributed by atoms with Gasteiger partial charge in [-0.05, 0) is 97.9 Å². The quantitative estimate of drug-likeness (QED) is 0.184. The minimum atomic E-state index is 0.613. The van der Waals surface area contributed by atoms with Crippen molar-refractivity contribution < 1.29 is 0 Å². The molecule has 0 aliphatic heterocycles. The van der Waals surface area contributed by atoms with Gasteiger partial charge in [-0.15, -0.1) is 0 Å². The fraction of sp³-hybridized carbons (Fsp3) is 0.